The molecule has 26 heavy (non-hydrogen) atoms. The highest BCUT2D eigenvalue weighted by Gasteiger charge is 2.31. The molecule has 0 aliphatic carbocycles. The van der Waals surface area contributed by atoms with Crippen LogP contribution in [0.1, 0.15) is 0 Å². The fourth-order valence-electron chi connectivity index (χ4n) is 2.62. The molecule has 1 N–H and O–H groups in total. The van der Waals surface area contributed by atoms with Crippen molar-refractivity contribution < 1.29 is 22.7 Å². The van der Waals surface area contributed by atoms with Gasteiger partial charge >= 0.3 is 12.4 Å². The van der Waals surface area contributed by atoms with Gasteiger partial charge in [0, 0.05) is 38.1 Å². The fraction of sp³-hybridized carbons (Fsp3) is 0.294. The molecule has 1 aromatic heterocycles. The number of carbonyl (C=O) groups is 1. The third kappa shape index (κ3) is 4.78. The van der Waals surface area contributed by atoms with Crippen LogP contribution in [0.4, 0.5) is 29.5 Å². The number of ether oxygens (including phenoxy) is 1. The minimum absolute atomic E-state index is 0.296. The Bertz CT molecular complexity index is 730. The number of nitrogens with zero attached hydrogens (tertiary/aromatic N) is 3. The number of hydrogen-bond acceptors (Lipinski definition) is 4. The number of nitrogens with one attached hydrogen (secondary N) is 1. The Hall–Kier alpha value is -2.97. The maximum Gasteiger partial charge on any atom is 0.573 e. The van der Waals surface area contributed by atoms with E-state index in [9.17, 15) is 18.0 Å². The number of amides is 2. The Morgan fingerprint density at radius 2 is 1.73 bits per heavy atom. The highest BCUT2D eigenvalue weighted by molar-refractivity contribution is 5.89. The predicted octanol–water partition coefficient (Wildman–Crippen LogP) is 3.33. The molecule has 3 rings (SSSR count). The number of hydrogen-bond donors (Lipinski definition) is 1. The molecular weight excluding hydrogens is 349 g/mol. The van der Waals surface area contributed by atoms with Crippen LogP contribution in [0.3, 0.4) is 0 Å². The van der Waals surface area contributed by atoms with Crippen molar-refractivity contribution in [3.63, 3.8) is 0 Å². The molecule has 2 aromatic rings. The van der Waals surface area contributed by atoms with E-state index in [0.717, 1.165) is 18.0 Å². The van der Waals surface area contributed by atoms with Crippen LogP contribution in [0.2, 0.25) is 0 Å². The van der Waals surface area contributed by atoms with E-state index in [-0.39, 0.29) is 11.8 Å². The van der Waals surface area contributed by atoms with Gasteiger partial charge in [0.25, 0.3) is 0 Å². The van der Waals surface area contributed by atoms with Crippen molar-refractivity contribution in [2.45, 2.75) is 6.36 Å². The van der Waals surface area contributed by atoms with Crippen molar-refractivity contribution in [2.24, 2.45) is 0 Å². The van der Waals surface area contributed by atoms with E-state index in [1.807, 2.05) is 18.2 Å². The lowest BCUT2D eigenvalue weighted by atomic mass is 10.3. The second-order valence-corrected chi connectivity index (χ2v) is 5.66. The summed E-state index contributed by atoms with van der Waals surface area (Å²) in [5.74, 6) is 0.535. The molecular formula is C17H17F3N4O2. The first kappa shape index (κ1) is 17.8. The Balaban J connectivity index is 1.51. The first-order chi connectivity index (χ1) is 12.4. The summed E-state index contributed by atoms with van der Waals surface area (Å²) < 4.78 is 40.2. The van der Waals surface area contributed by atoms with Gasteiger partial charge < -0.3 is 19.9 Å². The topological polar surface area (TPSA) is 57.7 Å². The van der Waals surface area contributed by atoms with Gasteiger partial charge in [-0.2, -0.15) is 0 Å². The molecule has 1 saturated heterocycles. The van der Waals surface area contributed by atoms with E-state index in [0.29, 0.717) is 31.9 Å². The summed E-state index contributed by atoms with van der Waals surface area (Å²) in [6.07, 6.45) is -3.02. The average molecular weight is 366 g/mol. The summed E-state index contributed by atoms with van der Waals surface area (Å²) in [6.45, 7) is 2.36. The third-order valence-corrected chi connectivity index (χ3v) is 3.88. The molecule has 0 radical (unpaired) electrons. The molecule has 1 aliphatic heterocycles. The van der Waals surface area contributed by atoms with E-state index in [4.69, 9.17) is 0 Å². The number of piperazine rings is 1. The van der Waals surface area contributed by atoms with E-state index in [2.05, 4.69) is 19.9 Å². The molecule has 1 aromatic carbocycles. The summed E-state index contributed by atoms with van der Waals surface area (Å²) in [5.41, 5.74) is 0.400. The molecule has 0 bridgehead atoms. The number of carbonyl (C=O) groups excluding carboxylic acids is 1. The van der Waals surface area contributed by atoms with Crippen molar-refractivity contribution in [1.82, 2.24) is 9.88 Å². The van der Waals surface area contributed by atoms with Gasteiger partial charge in [0.05, 0.1) is 0 Å². The van der Waals surface area contributed by atoms with E-state index in [1.165, 1.54) is 12.1 Å². The molecule has 0 unspecified atom stereocenters. The second-order valence-electron chi connectivity index (χ2n) is 5.66. The second kappa shape index (κ2) is 7.51. The fourth-order valence-corrected chi connectivity index (χ4v) is 2.62. The Morgan fingerprint density at radius 3 is 2.31 bits per heavy atom. The highest BCUT2D eigenvalue weighted by atomic mass is 19.4. The summed E-state index contributed by atoms with van der Waals surface area (Å²) in [6, 6.07) is 10.4. The van der Waals surface area contributed by atoms with Crippen LogP contribution < -0.4 is 15.0 Å². The Labute approximate surface area is 148 Å². The molecule has 9 heteroatoms. The number of aromatic nitrogens is 1. The van der Waals surface area contributed by atoms with E-state index < -0.39 is 6.36 Å². The number of benzene rings is 1. The maximum atomic E-state index is 12.3. The Kier molecular flexibility index (Phi) is 5.15. The zero-order valence-electron chi connectivity index (χ0n) is 13.7. The quantitative estimate of drug-likeness (QED) is 0.905. The lowest BCUT2D eigenvalue weighted by Gasteiger charge is -2.35. The minimum atomic E-state index is -4.74. The number of pyridine rings is 1. The van der Waals surface area contributed by atoms with Crippen LogP contribution in [0.25, 0.3) is 0 Å². The van der Waals surface area contributed by atoms with Crippen LogP contribution in [0.15, 0.2) is 48.7 Å². The van der Waals surface area contributed by atoms with Gasteiger partial charge in [-0.25, -0.2) is 9.78 Å². The van der Waals surface area contributed by atoms with Gasteiger partial charge in [0.2, 0.25) is 0 Å². The molecule has 6 nitrogen and oxygen atoms in total. The van der Waals surface area contributed by atoms with Crippen LogP contribution in [0.5, 0.6) is 5.75 Å². The number of urea groups is 1. The largest absolute Gasteiger partial charge is 0.573 e. The first-order valence-corrected chi connectivity index (χ1v) is 7.98. The number of halogens is 3. The monoisotopic (exact) mass is 366 g/mol. The number of alkyl halides is 3. The van der Waals surface area contributed by atoms with Crippen LogP contribution in [-0.2, 0) is 0 Å². The van der Waals surface area contributed by atoms with Crippen molar-refractivity contribution in [1.29, 1.82) is 0 Å². The van der Waals surface area contributed by atoms with Gasteiger partial charge in [-0.15, -0.1) is 13.2 Å². The molecule has 138 valence electrons. The SMILES string of the molecule is O=C(Nc1ccc(OC(F)(F)F)cc1)N1CCN(c2ccccn2)CC1. The van der Waals surface area contributed by atoms with Gasteiger partial charge in [-0.05, 0) is 36.4 Å². The van der Waals surface area contributed by atoms with Crippen molar-refractivity contribution in [3.05, 3.63) is 48.7 Å². The molecule has 1 aliphatic rings. The van der Waals surface area contributed by atoms with Gasteiger partial charge in [0.15, 0.2) is 0 Å². The number of rotatable bonds is 3. The molecule has 0 spiro atoms. The molecule has 1 fully saturated rings. The summed E-state index contributed by atoms with van der Waals surface area (Å²) >= 11 is 0. The van der Waals surface area contributed by atoms with E-state index in [1.54, 1.807) is 11.1 Å². The molecule has 2 amide bonds. The standard InChI is InChI=1S/C17H17F3N4O2/c18-17(19,20)26-14-6-4-13(5-7-14)22-16(25)24-11-9-23(10-12-24)15-3-1-2-8-21-15/h1-8H,9-12H2,(H,22,25). The predicted molar refractivity (Wildman–Crippen MR) is 90.2 cm³/mol. The zero-order chi connectivity index (χ0) is 18.6. The molecule has 0 saturated carbocycles. The van der Waals surface area contributed by atoms with Crippen LogP contribution in [-0.4, -0.2) is 48.5 Å². The Morgan fingerprint density at radius 1 is 1.04 bits per heavy atom. The summed E-state index contributed by atoms with van der Waals surface area (Å²) in [5, 5.41) is 2.67. The van der Waals surface area contributed by atoms with Crippen molar-refractivity contribution in [2.75, 3.05) is 36.4 Å². The number of anilines is 2. The molecule has 2 heterocycles. The highest BCUT2D eigenvalue weighted by Crippen LogP contribution is 2.24. The van der Waals surface area contributed by atoms with Gasteiger partial charge in [-0.3, -0.25) is 0 Å². The minimum Gasteiger partial charge on any atom is -0.406 e. The third-order valence-electron chi connectivity index (χ3n) is 3.88. The van der Waals surface area contributed by atoms with E-state index >= 15 is 0 Å². The normalized spacial score (nSPS) is 14.9. The summed E-state index contributed by atoms with van der Waals surface area (Å²) in [4.78, 5) is 20.3. The van der Waals surface area contributed by atoms with Gasteiger partial charge in [0.1, 0.15) is 11.6 Å². The molecule has 0 atom stereocenters. The zero-order valence-corrected chi connectivity index (χ0v) is 13.7. The lowest BCUT2D eigenvalue weighted by Crippen LogP contribution is -2.50. The van der Waals surface area contributed by atoms with Crippen molar-refractivity contribution in [3.8, 4) is 5.75 Å². The van der Waals surface area contributed by atoms with Gasteiger partial charge in [-0.1, -0.05) is 6.07 Å². The van der Waals surface area contributed by atoms with Crippen LogP contribution >= 0.6 is 0 Å². The smallest absolute Gasteiger partial charge is 0.406 e. The summed E-state index contributed by atoms with van der Waals surface area (Å²) in [7, 11) is 0. The maximum absolute atomic E-state index is 12.3. The van der Waals surface area contributed by atoms with Crippen molar-refractivity contribution >= 4 is 17.5 Å². The average Bonchev–Trinajstić information content (AvgIpc) is 2.63. The lowest BCUT2D eigenvalue weighted by molar-refractivity contribution is -0.274. The first-order valence-electron chi connectivity index (χ1n) is 7.98. The van der Waals surface area contributed by atoms with Crippen LogP contribution in [0, 0.1) is 0 Å².